The zero-order valence-corrected chi connectivity index (χ0v) is 12.4. The average Bonchev–Trinajstić information content (AvgIpc) is 2.73. The lowest BCUT2D eigenvalue weighted by Crippen LogP contribution is -2.31. The molecule has 7 heteroatoms. The summed E-state index contributed by atoms with van der Waals surface area (Å²) >= 11 is 1.61. The summed E-state index contributed by atoms with van der Waals surface area (Å²) in [6, 6.07) is 5.33. The van der Waals surface area contributed by atoms with Crippen LogP contribution in [-0.2, 0) is 11.3 Å². The number of carboxylic acids is 1. The normalized spacial score (nSPS) is 18.0. The topological polar surface area (TPSA) is 86.7 Å². The van der Waals surface area contributed by atoms with Crippen molar-refractivity contribution in [1.29, 1.82) is 0 Å². The molecular formula is C14H16N2O4S. The van der Waals surface area contributed by atoms with Gasteiger partial charge in [-0.3, -0.25) is 9.69 Å². The Morgan fingerprint density at radius 3 is 2.86 bits per heavy atom. The van der Waals surface area contributed by atoms with Crippen LogP contribution in [0.25, 0.3) is 0 Å². The molecular weight excluding hydrogens is 292 g/mol. The van der Waals surface area contributed by atoms with Crippen LogP contribution in [-0.4, -0.2) is 46.0 Å². The van der Waals surface area contributed by atoms with E-state index in [-0.39, 0.29) is 18.0 Å². The highest BCUT2D eigenvalue weighted by molar-refractivity contribution is 7.98. The SMILES string of the molecule is CSCCC1NC(=O)N(Cc2cccc(C(=O)O)c2)C1=O. The minimum atomic E-state index is -1.04. The van der Waals surface area contributed by atoms with Crippen molar-refractivity contribution in [2.45, 2.75) is 19.0 Å². The minimum Gasteiger partial charge on any atom is -0.478 e. The number of rotatable bonds is 6. The lowest BCUT2D eigenvalue weighted by molar-refractivity contribution is -0.127. The molecule has 1 fully saturated rings. The zero-order chi connectivity index (χ0) is 15.4. The van der Waals surface area contributed by atoms with Crippen molar-refractivity contribution in [3.8, 4) is 0 Å². The number of hydrogen-bond donors (Lipinski definition) is 2. The second-order valence-electron chi connectivity index (χ2n) is 4.71. The van der Waals surface area contributed by atoms with Gasteiger partial charge >= 0.3 is 12.0 Å². The van der Waals surface area contributed by atoms with E-state index in [9.17, 15) is 14.4 Å². The van der Waals surface area contributed by atoms with Gasteiger partial charge in [-0.05, 0) is 36.1 Å². The van der Waals surface area contributed by atoms with Crippen molar-refractivity contribution >= 4 is 29.7 Å². The molecule has 0 aromatic heterocycles. The summed E-state index contributed by atoms with van der Waals surface area (Å²) in [5.41, 5.74) is 0.752. The molecule has 0 saturated carbocycles. The number of nitrogens with one attached hydrogen (secondary N) is 1. The Morgan fingerprint density at radius 1 is 1.43 bits per heavy atom. The largest absolute Gasteiger partial charge is 0.478 e. The number of hydrogen-bond acceptors (Lipinski definition) is 4. The predicted octanol–water partition coefficient (Wildman–Crippen LogP) is 1.56. The predicted molar refractivity (Wildman–Crippen MR) is 79.3 cm³/mol. The van der Waals surface area contributed by atoms with E-state index in [1.807, 2.05) is 6.26 Å². The van der Waals surface area contributed by atoms with Crippen molar-refractivity contribution < 1.29 is 19.5 Å². The zero-order valence-electron chi connectivity index (χ0n) is 11.5. The molecule has 0 bridgehead atoms. The third kappa shape index (κ3) is 3.55. The second-order valence-corrected chi connectivity index (χ2v) is 5.70. The van der Waals surface area contributed by atoms with E-state index in [0.29, 0.717) is 12.0 Å². The number of carbonyl (C=O) groups is 3. The highest BCUT2D eigenvalue weighted by atomic mass is 32.2. The third-order valence-corrected chi connectivity index (χ3v) is 3.88. The number of aromatic carboxylic acids is 1. The van der Waals surface area contributed by atoms with Crippen LogP contribution in [0.5, 0.6) is 0 Å². The van der Waals surface area contributed by atoms with Gasteiger partial charge in [0.25, 0.3) is 5.91 Å². The first-order valence-corrected chi connectivity index (χ1v) is 7.85. The molecule has 0 radical (unpaired) electrons. The molecule has 21 heavy (non-hydrogen) atoms. The molecule has 1 saturated heterocycles. The van der Waals surface area contributed by atoms with E-state index < -0.39 is 18.0 Å². The highest BCUT2D eigenvalue weighted by Gasteiger charge is 2.37. The first-order valence-electron chi connectivity index (χ1n) is 6.46. The van der Waals surface area contributed by atoms with Crippen LogP contribution in [0.15, 0.2) is 24.3 Å². The Labute approximate surface area is 126 Å². The molecule has 1 aromatic carbocycles. The smallest absolute Gasteiger partial charge is 0.335 e. The number of carbonyl (C=O) groups excluding carboxylic acids is 2. The monoisotopic (exact) mass is 308 g/mol. The molecule has 1 aliphatic rings. The van der Waals surface area contributed by atoms with E-state index in [1.54, 1.807) is 23.9 Å². The highest BCUT2D eigenvalue weighted by Crippen LogP contribution is 2.16. The lowest BCUT2D eigenvalue weighted by Gasteiger charge is -2.13. The molecule has 2 N–H and O–H groups in total. The summed E-state index contributed by atoms with van der Waals surface area (Å²) in [6.07, 6.45) is 2.54. The summed E-state index contributed by atoms with van der Waals surface area (Å²) in [7, 11) is 0. The second kappa shape index (κ2) is 6.62. The van der Waals surface area contributed by atoms with Gasteiger partial charge < -0.3 is 10.4 Å². The molecule has 1 atom stereocenters. The third-order valence-electron chi connectivity index (χ3n) is 3.23. The van der Waals surface area contributed by atoms with Crippen LogP contribution in [0.2, 0.25) is 0 Å². The van der Waals surface area contributed by atoms with Crippen molar-refractivity contribution in [3.63, 3.8) is 0 Å². The van der Waals surface area contributed by atoms with Gasteiger partial charge in [0.1, 0.15) is 6.04 Å². The van der Waals surface area contributed by atoms with Gasteiger partial charge in [0, 0.05) is 0 Å². The molecule has 1 heterocycles. The van der Waals surface area contributed by atoms with Gasteiger partial charge in [0.15, 0.2) is 0 Å². The summed E-state index contributed by atoms with van der Waals surface area (Å²) in [4.78, 5) is 36.1. The van der Waals surface area contributed by atoms with Gasteiger partial charge in [0.05, 0.1) is 12.1 Å². The van der Waals surface area contributed by atoms with Crippen LogP contribution in [0.3, 0.4) is 0 Å². The molecule has 1 aromatic rings. The van der Waals surface area contributed by atoms with Gasteiger partial charge in [-0.2, -0.15) is 11.8 Å². The Balaban J connectivity index is 2.09. The maximum absolute atomic E-state index is 12.2. The van der Waals surface area contributed by atoms with E-state index in [0.717, 1.165) is 10.7 Å². The Kier molecular flexibility index (Phi) is 4.85. The molecule has 6 nitrogen and oxygen atoms in total. The Morgan fingerprint density at radius 2 is 2.19 bits per heavy atom. The number of carboxylic acid groups (broad SMARTS) is 1. The number of thioether (sulfide) groups is 1. The van der Waals surface area contributed by atoms with Crippen molar-refractivity contribution in [2.75, 3.05) is 12.0 Å². The maximum Gasteiger partial charge on any atom is 0.335 e. The van der Waals surface area contributed by atoms with Crippen LogP contribution >= 0.6 is 11.8 Å². The number of amides is 3. The van der Waals surface area contributed by atoms with Gasteiger partial charge in [-0.15, -0.1) is 0 Å². The minimum absolute atomic E-state index is 0.0849. The Bertz CT molecular complexity index is 576. The quantitative estimate of drug-likeness (QED) is 0.779. The van der Waals surface area contributed by atoms with Crippen molar-refractivity contribution in [1.82, 2.24) is 10.2 Å². The first-order chi connectivity index (χ1) is 10.0. The summed E-state index contributed by atoms with van der Waals surface area (Å²) in [6.45, 7) is 0.0849. The molecule has 3 amide bonds. The molecule has 0 aliphatic carbocycles. The van der Waals surface area contributed by atoms with E-state index >= 15 is 0 Å². The lowest BCUT2D eigenvalue weighted by atomic mass is 10.1. The fourth-order valence-corrected chi connectivity index (χ4v) is 2.61. The molecule has 112 valence electrons. The molecule has 1 aliphatic heterocycles. The number of urea groups is 1. The standard InChI is InChI=1S/C14H16N2O4S/c1-21-6-5-11-12(17)16(14(20)15-11)8-9-3-2-4-10(7-9)13(18)19/h2-4,7,11H,5-6,8H2,1H3,(H,15,20)(H,18,19). The summed E-state index contributed by atoms with van der Waals surface area (Å²) in [5.74, 6) is -0.499. The fraction of sp³-hybridized carbons (Fsp3) is 0.357. The Hall–Kier alpha value is -2.02. The average molecular weight is 308 g/mol. The fourth-order valence-electron chi connectivity index (χ4n) is 2.14. The first kappa shape index (κ1) is 15.4. The van der Waals surface area contributed by atoms with Crippen LogP contribution < -0.4 is 5.32 Å². The van der Waals surface area contributed by atoms with Gasteiger partial charge in [0.2, 0.25) is 0 Å². The van der Waals surface area contributed by atoms with Gasteiger partial charge in [-0.25, -0.2) is 9.59 Å². The maximum atomic E-state index is 12.2. The number of imide groups is 1. The van der Waals surface area contributed by atoms with Crippen molar-refractivity contribution in [2.24, 2.45) is 0 Å². The van der Waals surface area contributed by atoms with Crippen molar-refractivity contribution in [3.05, 3.63) is 35.4 Å². The molecule has 0 spiro atoms. The van der Waals surface area contributed by atoms with Gasteiger partial charge in [-0.1, -0.05) is 12.1 Å². The molecule has 2 rings (SSSR count). The summed E-state index contributed by atoms with van der Waals surface area (Å²) < 4.78 is 0. The van der Waals surface area contributed by atoms with E-state index in [4.69, 9.17) is 5.11 Å². The van der Waals surface area contributed by atoms with Crippen LogP contribution in [0.4, 0.5) is 4.79 Å². The van der Waals surface area contributed by atoms with E-state index in [2.05, 4.69) is 5.32 Å². The van der Waals surface area contributed by atoms with Crippen LogP contribution in [0, 0.1) is 0 Å². The number of benzene rings is 1. The molecule has 1 unspecified atom stereocenters. The van der Waals surface area contributed by atoms with E-state index in [1.165, 1.54) is 12.1 Å². The van der Waals surface area contributed by atoms with Crippen LogP contribution in [0.1, 0.15) is 22.3 Å². The number of nitrogens with zero attached hydrogens (tertiary/aromatic N) is 1. The summed E-state index contributed by atoms with van der Waals surface area (Å²) in [5, 5.41) is 11.6.